The van der Waals surface area contributed by atoms with Gasteiger partial charge in [0.25, 0.3) is 0 Å². The summed E-state index contributed by atoms with van der Waals surface area (Å²) in [5.41, 5.74) is 1.19. The predicted molar refractivity (Wildman–Crippen MR) is 117 cm³/mol. The Morgan fingerprint density at radius 1 is 1.00 bits per heavy atom. The topological polar surface area (TPSA) is 133 Å². The summed E-state index contributed by atoms with van der Waals surface area (Å²) in [5.74, 6) is -5.45. The second-order valence-electron chi connectivity index (χ2n) is 8.80. The minimum Gasteiger partial charge on any atom is -0.475 e. The number of alkyl halides is 6. The van der Waals surface area contributed by atoms with Gasteiger partial charge in [0.2, 0.25) is 5.91 Å². The van der Waals surface area contributed by atoms with Crippen LogP contribution in [0.4, 0.5) is 26.3 Å². The zero-order chi connectivity index (χ0) is 28.5. The number of rotatable bonds is 6. The van der Waals surface area contributed by atoms with Crippen LogP contribution in [-0.2, 0) is 25.7 Å². The molecule has 0 unspecified atom stereocenters. The third-order valence-electron chi connectivity index (χ3n) is 6.06. The van der Waals surface area contributed by atoms with E-state index in [9.17, 15) is 31.1 Å². The van der Waals surface area contributed by atoms with E-state index in [1.807, 2.05) is 6.07 Å². The number of nitrogens with one attached hydrogen (secondary N) is 1. The summed E-state index contributed by atoms with van der Waals surface area (Å²) < 4.78 is 74.7. The first kappa shape index (κ1) is 31.4. The molecule has 1 amide bonds. The van der Waals surface area contributed by atoms with E-state index in [0.717, 1.165) is 39.0 Å². The molecule has 216 valence electrons. The molecule has 1 aromatic heterocycles. The minimum atomic E-state index is -5.08. The minimum absolute atomic E-state index is 0.0619. The van der Waals surface area contributed by atoms with Gasteiger partial charge in [-0.3, -0.25) is 9.69 Å². The van der Waals surface area contributed by atoms with Gasteiger partial charge in [-0.2, -0.15) is 26.3 Å². The number of ether oxygens (including phenoxy) is 1. The smallest absolute Gasteiger partial charge is 0.475 e. The predicted octanol–water partition coefficient (Wildman–Crippen LogP) is 2.49. The number of nitrogens with zero attached hydrogens (tertiary/aromatic N) is 2. The van der Waals surface area contributed by atoms with Gasteiger partial charge in [-0.25, -0.2) is 9.59 Å². The number of amides is 1. The maximum absolute atomic E-state index is 12.4. The number of halogens is 6. The maximum Gasteiger partial charge on any atom is 0.490 e. The molecule has 0 aromatic carbocycles. The number of aliphatic carboxylic acids is 2. The summed E-state index contributed by atoms with van der Waals surface area (Å²) in [6.07, 6.45) is -2.35. The van der Waals surface area contributed by atoms with E-state index in [1.54, 1.807) is 12.5 Å². The molecular weight excluding hydrogens is 532 g/mol. The summed E-state index contributed by atoms with van der Waals surface area (Å²) in [5, 5.41) is 17.3. The number of hydrogen-bond donors (Lipinski definition) is 3. The van der Waals surface area contributed by atoms with E-state index in [2.05, 4.69) is 15.1 Å². The zero-order valence-corrected chi connectivity index (χ0v) is 20.1. The summed E-state index contributed by atoms with van der Waals surface area (Å²) in [6.45, 7) is 5.94. The van der Waals surface area contributed by atoms with Crippen molar-refractivity contribution in [1.82, 2.24) is 15.1 Å². The molecule has 3 aliphatic heterocycles. The summed E-state index contributed by atoms with van der Waals surface area (Å²) in [6, 6.07) is 2.36. The normalized spacial score (nSPS) is 23.6. The fraction of sp³-hybridized carbons (Fsp3) is 0.682. The Labute approximate surface area is 213 Å². The van der Waals surface area contributed by atoms with Crippen molar-refractivity contribution in [3.8, 4) is 0 Å². The van der Waals surface area contributed by atoms with E-state index in [-0.39, 0.29) is 18.1 Å². The van der Waals surface area contributed by atoms with Crippen molar-refractivity contribution in [2.75, 3.05) is 32.7 Å². The highest BCUT2D eigenvalue weighted by Crippen LogP contribution is 2.34. The van der Waals surface area contributed by atoms with Crippen LogP contribution in [0.2, 0.25) is 0 Å². The first-order valence-corrected chi connectivity index (χ1v) is 11.7. The quantitative estimate of drug-likeness (QED) is 0.448. The SMILES string of the molecule is O=C(NCCN1CCCC1)[C@@H]1C[C@@H]2[C@@H](CCN2Cc2ccoc2)O1.O=C(O)C(F)(F)F.O=C(O)C(F)(F)F. The molecule has 4 heterocycles. The van der Waals surface area contributed by atoms with Gasteiger partial charge in [-0.15, -0.1) is 0 Å². The van der Waals surface area contributed by atoms with Crippen LogP contribution in [-0.4, -0.2) is 101 Å². The Morgan fingerprint density at radius 3 is 2.08 bits per heavy atom. The lowest BCUT2D eigenvalue weighted by Crippen LogP contribution is -2.40. The number of likely N-dealkylation sites (tertiary alicyclic amines) is 2. The third kappa shape index (κ3) is 10.1. The van der Waals surface area contributed by atoms with Gasteiger partial charge in [-0.1, -0.05) is 0 Å². The Bertz CT molecular complexity index is 880. The Kier molecular flexibility index (Phi) is 11.4. The molecule has 0 radical (unpaired) electrons. The number of carbonyl (C=O) groups is 3. The largest absolute Gasteiger partial charge is 0.490 e. The molecule has 3 aliphatic rings. The summed E-state index contributed by atoms with van der Waals surface area (Å²) in [7, 11) is 0. The van der Waals surface area contributed by atoms with Crippen LogP contribution in [0.25, 0.3) is 0 Å². The molecule has 38 heavy (non-hydrogen) atoms. The van der Waals surface area contributed by atoms with Crippen molar-refractivity contribution < 1.29 is 60.1 Å². The van der Waals surface area contributed by atoms with Crippen LogP contribution in [0.15, 0.2) is 23.0 Å². The van der Waals surface area contributed by atoms with E-state index in [4.69, 9.17) is 29.0 Å². The Morgan fingerprint density at radius 2 is 1.58 bits per heavy atom. The molecule has 1 aromatic rings. The lowest BCUT2D eigenvalue weighted by molar-refractivity contribution is -0.193. The average molecular weight is 561 g/mol. The van der Waals surface area contributed by atoms with Crippen LogP contribution in [0.5, 0.6) is 0 Å². The molecular formula is C22H29F6N3O7. The lowest BCUT2D eigenvalue weighted by atomic mass is 10.1. The molecule has 0 bridgehead atoms. The molecule has 3 N–H and O–H groups in total. The fourth-order valence-corrected chi connectivity index (χ4v) is 4.27. The van der Waals surface area contributed by atoms with Gasteiger partial charge < -0.3 is 29.6 Å². The van der Waals surface area contributed by atoms with Crippen LogP contribution >= 0.6 is 0 Å². The molecule has 0 spiro atoms. The monoisotopic (exact) mass is 561 g/mol. The van der Waals surface area contributed by atoms with Crippen molar-refractivity contribution in [3.05, 3.63) is 24.2 Å². The van der Waals surface area contributed by atoms with Crippen molar-refractivity contribution in [3.63, 3.8) is 0 Å². The lowest BCUT2D eigenvalue weighted by Gasteiger charge is -2.21. The highest BCUT2D eigenvalue weighted by Gasteiger charge is 2.45. The Hall–Kier alpha value is -2.85. The molecule has 0 saturated carbocycles. The first-order chi connectivity index (χ1) is 17.7. The molecule has 0 aliphatic carbocycles. The summed E-state index contributed by atoms with van der Waals surface area (Å²) >= 11 is 0. The molecule has 16 heteroatoms. The number of hydrogen-bond acceptors (Lipinski definition) is 7. The van der Waals surface area contributed by atoms with Gasteiger partial charge in [0.1, 0.15) is 6.10 Å². The van der Waals surface area contributed by atoms with Gasteiger partial charge in [0, 0.05) is 44.2 Å². The van der Waals surface area contributed by atoms with Gasteiger partial charge in [-0.05, 0) is 38.4 Å². The highest BCUT2D eigenvalue weighted by molar-refractivity contribution is 5.81. The molecule has 3 fully saturated rings. The number of carboxylic acids is 2. The van der Waals surface area contributed by atoms with Gasteiger partial charge in [0.15, 0.2) is 0 Å². The standard InChI is InChI=1S/C18H27N3O3.2C2HF3O2/c22-18(19-5-9-20-6-1-2-7-20)17-11-15-16(24-17)3-8-21(15)12-14-4-10-23-13-14;2*3-2(4,5)1(6)7/h4,10,13,15-17H,1-3,5-9,11-12H2,(H,19,22);2*(H,6,7)/t15-,16-,17+;;/m1../s1. The maximum atomic E-state index is 12.4. The van der Waals surface area contributed by atoms with Crippen molar-refractivity contribution >= 4 is 17.8 Å². The second-order valence-corrected chi connectivity index (χ2v) is 8.80. The van der Waals surface area contributed by atoms with Gasteiger partial charge >= 0.3 is 24.3 Å². The highest BCUT2D eigenvalue weighted by atomic mass is 19.4. The van der Waals surface area contributed by atoms with Crippen LogP contribution in [0.1, 0.15) is 31.2 Å². The van der Waals surface area contributed by atoms with Crippen molar-refractivity contribution in [1.29, 1.82) is 0 Å². The molecule has 10 nitrogen and oxygen atoms in total. The van der Waals surface area contributed by atoms with Crippen LogP contribution in [0.3, 0.4) is 0 Å². The molecule has 3 saturated heterocycles. The first-order valence-electron chi connectivity index (χ1n) is 11.7. The van der Waals surface area contributed by atoms with E-state index in [0.29, 0.717) is 6.04 Å². The molecule has 3 atom stereocenters. The van der Waals surface area contributed by atoms with Gasteiger partial charge in [0.05, 0.1) is 18.6 Å². The molecule has 4 rings (SSSR count). The fourth-order valence-electron chi connectivity index (χ4n) is 4.27. The Balaban J connectivity index is 0.000000301. The third-order valence-corrected chi connectivity index (χ3v) is 6.06. The zero-order valence-electron chi connectivity index (χ0n) is 20.1. The number of furan rings is 1. The second kappa shape index (κ2) is 13.8. The average Bonchev–Trinajstić information content (AvgIpc) is 3.61. The number of carboxylic acid groups (broad SMARTS) is 2. The summed E-state index contributed by atoms with van der Waals surface area (Å²) in [4.78, 5) is 35.0. The van der Waals surface area contributed by atoms with Crippen molar-refractivity contribution in [2.45, 2.75) is 62.8 Å². The van der Waals surface area contributed by atoms with Crippen LogP contribution in [0, 0.1) is 0 Å². The number of carbonyl (C=O) groups excluding carboxylic acids is 1. The van der Waals surface area contributed by atoms with Crippen LogP contribution < -0.4 is 5.32 Å². The van der Waals surface area contributed by atoms with E-state index >= 15 is 0 Å². The van der Waals surface area contributed by atoms with E-state index in [1.165, 1.54) is 31.5 Å². The van der Waals surface area contributed by atoms with E-state index < -0.39 is 24.3 Å². The van der Waals surface area contributed by atoms with Crippen molar-refractivity contribution in [2.24, 2.45) is 0 Å². The number of fused-ring (bicyclic) bond motifs is 1.